The van der Waals surface area contributed by atoms with Crippen molar-refractivity contribution < 1.29 is 9.15 Å². The van der Waals surface area contributed by atoms with E-state index in [9.17, 15) is 0 Å². The second kappa shape index (κ2) is 6.83. The van der Waals surface area contributed by atoms with Gasteiger partial charge in [-0.2, -0.15) is 5.10 Å². The molecule has 1 heterocycles. The molecule has 2 aromatic rings. The molecule has 1 aromatic heterocycles. The van der Waals surface area contributed by atoms with E-state index in [4.69, 9.17) is 21.4 Å². The molecule has 6 heteroatoms. The lowest BCUT2D eigenvalue weighted by molar-refractivity contribution is 0.415. The van der Waals surface area contributed by atoms with Crippen molar-refractivity contribution in [1.29, 1.82) is 0 Å². The Labute approximate surface area is 140 Å². The first-order valence-electron chi connectivity index (χ1n) is 7.49. The van der Waals surface area contributed by atoms with E-state index >= 15 is 0 Å². The summed E-state index contributed by atoms with van der Waals surface area (Å²) >= 11 is 5.20. The van der Waals surface area contributed by atoms with E-state index in [2.05, 4.69) is 22.8 Å². The van der Waals surface area contributed by atoms with Crippen LogP contribution in [0.25, 0.3) is 0 Å². The van der Waals surface area contributed by atoms with Crippen molar-refractivity contribution in [3.05, 3.63) is 47.9 Å². The summed E-state index contributed by atoms with van der Waals surface area (Å²) in [5, 5.41) is 7.53. The van der Waals surface area contributed by atoms with Crippen LogP contribution >= 0.6 is 12.2 Å². The maximum atomic E-state index is 5.74. The molecule has 1 aliphatic carbocycles. The maximum absolute atomic E-state index is 5.74. The Morgan fingerprint density at radius 3 is 2.96 bits per heavy atom. The minimum absolute atomic E-state index is 0.400. The van der Waals surface area contributed by atoms with E-state index < -0.39 is 0 Å². The van der Waals surface area contributed by atoms with Crippen molar-refractivity contribution in [2.24, 2.45) is 11.0 Å². The molecule has 1 aliphatic rings. The van der Waals surface area contributed by atoms with Crippen LogP contribution in [0, 0.1) is 5.92 Å². The number of ether oxygens (including phenoxy) is 1. The van der Waals surface area contributed by atoms with Crippen LogP contribution in [0.3, 0.4) is 0 Å². The molecule has 0 saturated heterocycles. The summed E-state index contributed by atoms with van der Waals surface area (Å²) in [5.74, 6) is 3.81. The zero-order chi connectivity index (χ0) is 16.2. The highest BCUT2D eigenvalue weighted by Gasteiger charge is 2.36. The van der Waals surface area contributed by atoms with E-state index in [1.165, 1.54) is 6.42 Å². The lowest BCUT2D eigenvalue weighted by Crippen LogP contribution is -2.23. The van der Waals surface area contributed by atoms with E-state index in [1.54, 1.807) is 13.3 Å². The summed E-state index contributed by atoms with van der Waals surface area (Å²) in [6.07, 6.45) is 2.83. The molecule has 23 heavy (non-hydrogen) atoms. The number of methoxy groups -OCH3 is 1. The monoisotopic (exact) mass is 329 g/mol. The second-order valence-electron chi connectivity index (χ2n) is 5.62. The summed E-state index contributed by atoms with van der Waals surface area (Å²) in [6.45, 7) is 2.23. The molecular weight excluding hydrogens is 310 g/mol. The molecule has 0 radical (unpaired) electrons. The van der Waals surface area contributed by atoms with Gasteiger partial charge >= 0.3 is 0 Å². The number of nitrogens with one attached hydrogen (secondary N) is 2. The summed E-state index contributed by atoms with van der Waals surface area (Å²) in [6, 6.07) is 11.4. The molecule has 1 fully saturated rings. The van der Waals surface area contributed by atoms with Crippen LogP contribution in [0.1, 0.15) is 30.8 Å². The first-order valence-corrected chi connectivity index (χ1v) is 7.90. The zero-order valence-electron chi connectivity index (χ0n) is 13.1. The molecule has 120 valence electrons. The number of hydrogen-bond donors (Lipinski definition) is 2. The fourth-order valence-electron chi connectivity index (χ4n) is 2.37. The van der Waals surface area contributed by atoms with Gasteiger partial charge in [0.15, 0.2) is 5.11 Å². The van der Waals surface area contributed by atoms with E-state index in [0.29, 0.717) is 11.0 Å². The Hall–Kier alpha value is -2.34. The lowest BCUT2D eigenvalue weighted by Gasteiger charge is -2.08. The Bertz CT molecular complexity index is 726. The second-order valence-corrected chi connectivity index (χ2v) is 6.02. The van der Waals surface area contributed by atoms with Gasteiger partial charge in [0.2, 0.25) is 0 Å². The Balaban J connectivity index is 1.51. The van der Waals surface area contributed by atoms with Crippen LogP contribution in [0.5, 0.6) is 5.75 Å². The molecule has 5 nitrogen and oxygen atoms in total. The van der Waals surface area contributed by atoms with Crippen LogP contribution in [0.4, 0.5) is 5.69 Å². The van der Waals surface area contributed by atoms with Crippen LogP contribution < -0.4 is 15.5 Å². The Morgan fingerprint density at radius 1 is 1.39 bits per heavy atom. The molecule has 0 bridgehead atoms. The summed E-state index contributed by atoms with van der Waals surface area (Å²) in [4.78, 5) is 0. The van der Waals surface area contributed by atoms with Crippen molar-refractivity contribution in [2.75, 3.05) is 12.4 Å². The van der Waals surface area contributed by atoms with Crippen molar-refractivity contribution in [3.63, 3.8) is 0 Å². The number of hydrazone groups is 1. The first-order chi connectivity index (χ1) is 11.2. The van der Waals surface area contributed by atoms with Gasteiger partial charge in [0.1, 0.15) is 17.3 Å². The summed E-state index contributed by atoms with van der Waals surface area (Å²) in [7, 11) is 1.62. The fraction of sp³-hybridized carbons (Fsp3) is 0.294. The third-order valence-electron chi connectivity index (χ3n) is 3.81. The number of rotatable bonds is 5. The number of hydrogen-bond acceptors (Lipinski definition) is 4. The van der Waals surface area contributed by atoms with E-state index in [0.717, 1.165) is 28.9 Å². The van der Waals surface area contributed by atoms with Gasteiger partial charge in [-0.1, -0.05) is 13.0 Å². The number of benzene rings is 1. The molecule has 2 N–H and O–H groups in total. The molecule has 0 aliphatic heterocycles. The number of anilines is 1. The predicted octanol–water partition coefficient (Wildman–Crippen LogP) is 3.73. The normalized spacial score (nSPS) is 19.6. The topological polar surface area (TPSA) is 58.8 Å². The highest BCUT2D eigenvalue weighted by molar-refractivity contribution is 7.80. The van der Waals surface area contributed by atoms with Crippen LogP contribution in [-0.4, -0.2) is 18.4 Å². The Morgan fingerprint density at radius 2 is 2.22 bits per heavy atom. The average Bonchev–Trinajstić information content (AvgIpc) is 3.09. The lowest BCUT2D eigenvalue weighted by atomic mass is 10.3. The standard InChI is InChI=1S/C17H19N3O2S/c1-11-8-15(11)16-7-6-14(22-16)10-18-20-17(23)19-12-4-3-5-13(9-12)21-2/h3-7,9-11,15H,8H2,1-2H3,(H2,19,20,23)/b18-10-/t11-,15+/m1/s1. The SMILES string of the molecule is COc1cccc(NC(=S)N/N=C\c2ccc([C@H]3C[C@H]3C)o2)c1. The van der Waals surface area contributed by atoms with Gasteiger partial charge in [-0.3, -0.25) is 5.43 Å². The van der Waals surface area contributed by atoms with Gasteiger partial charge in [-0.05, 0) is 48.8 Å². The van der Waals surface area contributed by atoms with Gasteiger partial charge in [0.05, 0.1) is 13.3 Å². The molecule has 1 aromatic carbocycles. The molecule has 0 amide bonds. The van der Waals surface area contributed by atoms with E-state index in [1.807, 2.05) is 36.4 Å². The zero-order valence-corrected chi connectivity index (χ0v) is 13.9. The predicted molar refractivity (Wildman–Crippen MR) is 95.2 cm³/mol. The minimum atomic E-state index is 0.400. The minimum Gasteiger partial charge on any atom is -0.497 e. The quantitative estimate of drug-likeness (QED) is 0.497. The average molecular weight is 329 g/mol. The van der Waals surface area contributed by atoms with Gasteiger partial charge in [0.25, 0.3) is 0 Å². The van der Waals surface area contributed by atoms with Crippen molar-refractivity contribution in [1.82, 2.24) is 5.43 Å². The van der Waals surface area contributed by atoms with Crippen molar-refractivity contribution in [2.45, 2.75) is 19.3 Å². The molecule has 0 spiro atoms. The smallest absolute Gasteiger partial charge is 0.191 e. The van der Waals surface area contributed by atoms with Crippen LogP contribution in [0.15, 0.2) is 45.9 Å². The number of nitrogens with zero attached hydrogens (tertiary/aromatic N) is 1. The first kappa shape index (κ1) is 15.6. The summed E-state index contributed by atoms with van der Waals surface area (Å²) < 4.78 is 10.9. The number of thiocarbonyl (C=S) groups is 1. The molecule has 3 rings (SSSR count). The van der Waals surface area contributed by atoms with Gasteiger partial charge in [0, 0.05) is 17.7 Å². The summed E-state index contributed by atoms with van der Waals surface area (Å²) in [5.41, 5.74) is 3.60. The molecule has 1 saturated carbocycles. The number of furan rings is 1. The third kappa shape index (κ3) is 4.10. The Kier molecular flexibility index (Phi) is 4.62. The highest BCUT2D eigenvalue weighted by atomic mass is 32.1. The van der Waals surface area contributed by atoms with Gasteiger partial charge in [-0.15, -0.1) is 0 Å². The van der Waals surface area contributed by atoms with Gasteiger partial charge in [-0.25, -0.2) is 0 Å². The maximum Gasteiger partial charge on any atom is 0.191 e. The van der Waals surface area contributed by atoms with Gasteiger partial charge < -0.3 is 14.5 Å². The highest BCUT2D eigenvalue weighted by Crippen LogP contribution is 2.47. The van der Waals surface area contributed by atoms with Crippen molar-refractivity contribution in [3.8, 4) is 5.75 Å². The third-order valence-corrected chi connectivity index (χ3v) is 4.00. The van der Waals surface area contributed by atoms with E-state index in [-0.39, 0.29) is 0 Å². The molecule has 0 unspecified atom stereocenters. The van der Waals surface area contributed by atoms with Crippen molar-refractivity contribution >= 4 is 29.2 Å². The van der Waals surface area contributed by atoms with Crippen LogP contribution in [0.2, 0.25) is 0 Å². The fourth-order valence-corrected chi connectivity index (χ4v) is 2.54. The van der Waals surface area contributed by atoms with Crippen LogP contribution in [-0.2, 0) is 0 Å². The molecular formula is C17H19N3O2S. The molecule has 2 atom stereocenters. The largest absolute Gasteiger partial charge is 0.497 e.